The van der Waals surface area contributed by atoms with Crippen LogP contribution in [0.4, 0.5) is 5.69 Å². The molecule has 0 radical (unpaired) electrons. The number of methoxy groups -OCH3 is 1. The molecule has 0 amide bonds. The van der Waals surface area contributed by atoms with Gasteiger partial charge in [0.15, 0.2) is 5.96 Å². The highest BCUT2D eigenvalue weighted by atomic mass is 127. The fourth-order valence-electron chi connectivity index (χ4n) is 2.96. The van der Waals surface area contributed by atoms with Gasteiger partial charge >= 0.3 is 0 Å². The Bertz CT molecular complexity index is 767. The van der Waals surface area contributed by atoms with Crippen molar-refractivity contribution in [2.45, 2.75) is 12.5 Å². The number of halogens is 2. The number of rotatable bonds is 5. The average Bonchev–Trinajstić information content (AvgIpc) is 3.21. The van der Waals surface area contributed by atoms with Crippen molar-refractivity contribution >= 4 is 47.2 Å². The molecule has 0 aliphatic carbocycles. The molecule has 1 fully saturated rings. The molecule has 1 aromatic carbocycles. The number of benzene rings is 1. The standard InChI is InChI=1S/C17H22ClN5O2.HI/c1-23-14(5-7-21-23)16-11(6-8-25-16)10-20-17(19)22-12-3-4-15(24-2)13(18)9-12;/h3-5,7,9,11,16H,6,8,10H2,1-2H3,(H3,19,20,22);1H/t11-,16+;/m0./s1. The largest absolute Gasteiger partial charge is 0.495 e. The summed E-state index contributed by atoms with van der Waals surface area (Å²) in [4.78, 5) is 4.46. The van der Waals surface area contributed by atoms with E-state index in [-0.39, 0.29) is 36.0 Å². The van der Waals surface area contributed by atoms with Crippen molar-refractivity contribution in [3.63, 3.8) is 0 Å². The number of anilines is 1. The van der Waals surface area contributed by atoms with E-state index in [0.717, 1.165) is 24.4 Å². The van der Waals surface area contributed by atoms with Gasteiger partial charge in [-0.25, -0.2) is 0 Å². The van der Waals surface area contributed by atoms with Crippen LogP contribution in [-0.4, -0.2) is 36.0 Å². The number of aromatic nitrogens is 2. The van der Waals surface area contributed by atoms with Crippen LogP contribution < -0.4 is 15.8 Å². The molecule has 0 saturated carbocycles. The molecule has 0 unspecified atom stereocenters. The minimum atomic E-state index is -0.000481. The average molecular weight is 492 g/mol. The van der Waals surface area contributed by atoms with E-state index in [4.69, 9.17) is 26.8 Å². The summed E-state index contributed by atoms with van der Waals surface area (Å²) in [5, 5.41) is 7.77. The summed E-state index contributed by atoms with van der Waals surface area (Å²) in [5.74, 6) is 1.23. The highest BCUT2D eigenvalue weighted by Gasteiger charge is 2.31. The molecular weight excluding hydrogens is 469 g/mol. The lowest BCUT2D eigenvalue weighted by Crippen LogP contribution is -2.24. The van der Waals surface area contributed by atoms with E-state index >= 15 is 0 Å². The van der Waals surface area contributed by atoms with Gasteiger partial charge in [0.1, 0.15) is 11.9 Å². The predicted octanol–water partition coefficient (Wildman–Crippen LogP) is 3.20. The molecule has 0 bridgehead atoms. The van der Waals surface area contributed by atoms with E-state index in [1.807, 2.05) is 23.9 Å². The van der Waals surface area contributed by atoms with E-state index in [9.17, 15) is 0 Å². The molecule has 9 heteroatoms. The summed E-state index contributed by atoms with van der Waals surface area (Å²) >= 11 is 6.11. The first-order chi connectivity index (χ1) is 12.1. The van der Waals surface area contributed by atoms with Gasteiger partial charge in [-0.2, -0.15) is 5.10 Å². The van der Waals surface area contributed by atoms with Crippen molar-refractivity contribution in [3.05, 3.63) is 41.2 Å². The fourth-order valence-corrected chi connectivity index (χ4v) is 3.22. The first kappa shape index (κ1) is 20.8. The number of hydrogen-bond donors (Lipinski definition) is 2. The summed E-state index contributed by atoms with van der Waals surface area (Å²) in [6.07, 6.45) is 2.72. The van der Waals surface area contributed by atoms with Gasteiger partial charge in [0.2, 0.25) is 0 Å². The number of aliphatic imine (C=N–C) groups is 1. The normalized spacial score (nSPS) is 19.9. The Kier molecular flexibility index (Phi) is 7.54. The van der Waals surface area contributed by atoms with Gasteiger partial charge in [-0.15, -0.1) is 24.0 Å². The zero-order valence-electron chi connectivity index (χ0n) is 14.7. The molecule has 0 spiro atoms. The maximum Gasteiger partial charge on any atom is 0.193 e. The van der Waals surface area contributed by atoms with Gasteiger partial charge in [-0.1, -0.05) is 11.6 Å². The van der Waals surface area contributed by atoms with Crippen molar-refractivity contribution in [3.8, 4) is 5.75 Å². The maximum atomic E-state index is 6.11. The quantitative estimate of drug-likeness (QED) is 0.381. The Balaban J connectivity index is 0.00000243. The van der Waals surface area contributed by atoms with Gasteiger partial charge < -0.3 is 20.5 Å². The summed E-state index contributed by atoms with van der Waals surface area (Å²) in [7, 11) is 3.49. The first-order valence-corrected chi connectivity index (χ1v) is 8.46. The highest BCUT2D eigenvalue weighted by Crippen LogP contribution is 2.34. The summed E-state index contributed by atoms with van der Waals surface area (Å²) in [6.45, 7) is 1.30. The van der Waals surface area contributed by atoms with Crippen LogP contribution in [0.2, 0.25) is 5.02 Å². The van der Waals surface area contributed by atoms with Gasteiger partial charge in [0, 0.05) is 38.0 Å². The first-order valence-electron chi connectivity index (χ1n) is 8.08. The Morgan fingerprint density at radius 2 is 2.31 bits per heavy atom. The molecule has 3 N–H and O–H groups in total. The summed E-state index contributed by atoms with van der Waals surface area (Å²) in [5.41, 5.74) is 7.83. The molecule has 3 rings (SSSR count). The smallest absolute Gasteiger partial charge is 0.193 e. The van der Waals surface area contributed by atoms with Crippen molar-refractivity contribution in [1.82, 2.24) is 9.78 Å². The zero-order valence-corrected chi connectivity index (χ0v) is 17.8. The molecule has 2 atom stereocenters. The Labute approximate surface area is 174 Å². The summed E-state index contributed by atoms with van der Waals surface area (Å²) in [6, 6.07) is 7.35. The van der Waals surface area contributed by atoms with Crippen LogP contribution >= 0.6 is 35.6 Å². The van der Waals surface area contributed by atoms with E-state index in [1.165, 1.54) is 0 Å². The van der Waals surface area contributed by atoms with E-state index < -0.39 is 0 Å². The molecule has 142 valence electrons. The predicted molar refractivity (Wildman–Crippen MR) is 114 cm³/mol. The number of guanidine groups is 1. The second-order valence-corrected chi connectivity index (χ2v) is 6.33. The third kappa shape index (κ3) is 4.80. The van der Waals surface area contributed by atoms with E-state index in [2.05, 4.69) is 15.4 Å². The molecule has 26 heavy (non-hydrogen) atoms. The van der Waals surface area contributed by atoms with Gasteiger partial charge in [0.05, 0.1) is 17.8 Å². The number of nitrogens with one attached hydrogen (secondary N) is 1. The molecule has 1 aromatic heterocycles. The molecule has 2 heterocycles. The molecule has 1 aliphatic heterocycles. The second-order valence-electron chi connectivity index (χ2n) is 5.92. The molecule has 2 aromatic rings. The van der Waals surface area contributed by atoms with Crippen LogP contribution in [0, 0.1) is 5.92 Å². The molecule has 1 aliphatic rings. The van der Waals surface area contributed by atoms with E-state index in [0.29, 0.717) is 23.3 Å². The molecule has 7 nitrogen and oxygen atoms in total. The van der Waals surface area contributed by atoms with E-state index in [1.54, 1.807) is 25.4 Å². The van der Waals surface area contributed by atoms with Crippen molar-refractivity contribution in [1.29, 1.82) is 0 Å². The topological polar surface area (TPSA) is 86.7 Å². The van der Waals surface area contributed by atoms with Gasteiger partial charge in [0.25, 0.3) is 0 Å². The number of nitrogens with zero attached hydrogens (tertiary/aromatic N) is 3. The van der Waals surface area contributed by atoms with Gasteiger partial charge in [-0.3, -0.25) is 9.67 Å². The molecular formula is C17H23ClIN5O2. The SMILES string of the molecule is COc1ccc(NC(N)=NC[C@@H]2CCO[C@H]2c2ccnn2C)cc1Cl.I. The lowest BCUT2D eigenvalue weighted by Gasteiger charge is -2.17. The van der Waals surface area contributed by atoms with Crippen LogP contribution in [0.15, 0.2) is 35.5 Å². The zero-order chi connectivity index (χ0) is 17.8. The van der Waals surface area contributed by atoms with Crippen molar-refractivity contribution in [2.24, 2.45) is 23.7 Å². The number of aryl methyl sites for hydroxylation is 1. The maximum absolute atomic E-state index is 6.11. The second kappa shape index (κ2) is 9.43. The third-order valence-electron chi connectivity index (χ3n) is 4.28. The van der Waals surface area contributed by atoms with Crippen LogP contribution in [0.25, 0.3) is 0 Å². The van der Waals surface area contributed by atoms with Crippen LogP contribution in [0.1, 0.15) is 18.2 Å². The van der Waals surface area contributed by atoms with Crippen molar-refractivity contribution < 1.29 is 9.47 Å². The lowest BCUT2D eigenvalue weighted by molar-refractivity contribution is 0.0859. The van der Waals surface area contributed by atoms with Gasteiger partial charge in [-0.05, 0) is 30.7 Å². The number of nitrogens with two attached hydrogens (primary N) is 1. The highest BCUT2D eigenvalue weighted by molar-refractivity contribution is 14.0. The summed E-state index contributed by atoms with van der Waals surface area (Å²) < 4.78 is 12.8. The third-order valence-corrected chi connectivity index (χ3v) is 4.58. The van der Waals surface area contributed by atoms with Crippen LogP contribution in [0.5, 0.6) is 5.75 Å². The minimum absolute atomic E-state index is 0. The van der Waals surface area contributed by atoms with Crippen LogP contribution in [0.3, 0.4) is 0 Å². The Morgan fingerprint density at radius 3 is 2.96 bits per heavy atom. The number of hydrogen-bond acceptors (Lipinski definition) is 4. The Hall–Kier alpha value is -1.52. The van der Waals surface area contributed by atoms with Crippen LogP contribution in [-0.2, 0) is 11.8 Å². The monoisotopic (exact) mass is 491 g/mol. The Morgan fingerprint density at radius 1 is 1.50 bits per heavy atom. The van der Waals surface area contributed by atoms with Crippen molar-refractivity contribution in [2.75, 3.05) is 25.6 Å². The minimum Gasteiger partial charge on any atom is -0.495 e. The molecule has 1 saturated heterocycles. The fraction of sp³-hybridized carbons (Fsp3) is 0.412. The lowest BCUT2D eigenvalue weighted by atomic mass is 9.99. The number of ether oxygens (including phenoxy) is 2.